The Hall–Kier alpha value is -4.30. The van der Waals surface area contributed by atoms with Gasteiger partial charge in [-0.1, -0.05) is 93.6 Å². The zero-order valence-electron chi connectivity index (χ0n) is 25.5. The van der Waals surface area contributed by atoms with Crippen LogP contribution in [0.5, 0.6) is 0 Å². The highest BCUT2D eigenvalue weighted by Crippen LogP contribution is 2.44. The van der Waals surface area contributed by atoms with Gasteiger partial charge in [0.15, 0.2) is 0 Å². The second-order valence-corrected chi connectivity index (χ2v) is 13.3. The summed E-state index contributed by atoms with van der Waals surface area (Å²) in [6.45, 7) is 15.5. The van der Waals surface area contributed by atoms with E-state index < -0.39 is 0 Å². The molecule has 2 nitrogen and oxygen atoms in total. The zero-order valence-corrected chi connectivity index (χ0v) is 26.3. The van der Waals surface area contributed by atoms with E-state index in [4.69, 9.17) is 0 Å². The van der Waals surface area contributed by atoms with Gasteiger partial charge in [0.25, 0.3) is 0 Å². The van der Waals surface area contributed by atoms with Crippen molar-refractivity contribution in [3.63, 3.8) is 0 Å². The minimum atomic E-state index is 0.0726. The van der Waals surface area contributed by atoms with Crippen molar-refractivity contribution >= 4 is 38.6 Å². The summed E-state index contributed by atoms with van der Waals surface area (Å²) >= 11 is 1.70. The summed E-state index contributed by atoms with van der Waals surface area (Å²) in [7, 11) is 0. The van der Waals surface area contributed by atoms with Crippen molar-refractivity contribution in [3.8, 4) is 22.3 Å². The number of rotatable bonds is 4. The molecular formula is C39H36N2S. The summed E-state index contributed by atoms with van der Waals surface area (Å²) in [5.41, 5.74) is 24.3. The number of thiophene rings is 1. The third kappa shape index (κ3) is 4.60. The molecule has 208 valence electrons. The molecular weight excluding hydrogens is 529 g/mol. The molecule has 0 amide bonds. The van der Waals surface area contributed by atoms with Crippen LogP contribution in [0, 0.1) is 27.7 Å². The van der Waals surface area contributed by atoms with E-state index >= 15 is 0 Å². The highest BCUT2D eigenvalue weighted by molar-refractivity contribution is 7.08. The lowest BCUT2D eigenvalue weighted by atomic mass is 9.79. The van der Waals surface area contributed by atoms with E-state index in [1.807, 2.05) is 0 Å². The van der Waals surface area contributed by atoms with E-state index in [9.17, 15) is 5.53 Å². The van der Waals surface area contributed by atoms with Crippen LogP contribution in [0.25, 0.3) is 49.3 Å². The smallest absolute Gasteiger partial charge is 0.331 e. The Morgan fingerprint density at radius 2 is 1.14 bits per heavy atom. The van der Waals surface area contributed by atoms with Crippen molar-refractivity contribution in [3.05, 3.63) is 134 Å². The normalized spacial score (nSPS) is 11.7. The first-order valence-corrected chi connectivity index (χ1v) is 15.5. The average Bonchev–Trinajstić information content (AvgIpc) is 3.49. The molecule has 0 spiro atoms. The molecule has 6 aromatic rings. The first kappa shape index (κ1) is 27.8. The lowest BCUT2D eigenvalue weighted by Gasteiger charge is -2.24. The largest absolute Gasteiger partial charge is 0.361 e. The second kappa shape index (κ2) is 10.5. The highest BCUT2D eigenvalue weighted by atomic mass is 32.1. The summed E-state index contributed by atoms with van der Waals surface area (Å²) in [5, 5.41) is 8.76. The predicted octanol–water partition coefficient (Wildman–Crippen LogP) is 11.0. The monoisotopic (exact) mass is 564 g/mol. The zero-order chi connectivity index (χ0) is 29.8. The van der Waals surface area contributed by atoms with E-state index in [2.05, 4.69) is 143 Å². The number of hydrogen-bond donors (Lipinski definition) is 0. The molecule has 6 rings (SSSR count). The van der Waals surface area contributed by atoms with E-state index in [0.717, 1.165) is 43.8 Å². The quantitative estimate of drug-likeness (QED) is 0.0884. The van der Waals surface area contributed by atoms with Gasteiger partial charge in [0.05, 0.1) is 11.1 Å². The number of fused-ring (bicyclic) bond motifs is 2. The Balaban J connectivity index is 1.68. The third-order valence-electron chi connectivity index (χ3n) is 8.54. The van der Waals surface area contributed by atoms with Crippen LogP contribution in [0.1, 0.15) is 59.7 Å². The molecule has 0 saturated carbocycles. The molecule has 3 heteroatoms. The summed E-state index contributed by atoms with van der Waals surface area (Å²) < 4.78 is 0. The van der Waals surface area contributed by atoms with Gasteiger partial charge in [0.2, 0.25) is 0 Å². The molecule has 0 aliphatic heterocycles. The lowest BCUT2D eigenvalue weighted by molar-refractivity contribution is -0.00264. The number of hydrogen-bond acceptors (Lipinski definition) is 1. The minimum absolute atomic E-state index is 0.0726. The van der Waals surface area contributed by atoms with E-state index in [-0.39, 0.29) is 5.41 Å². The number of aryl methyl sites for hydroxylation is 4. The molecule has 0 radical (unpaired) electrons. The summed E-state index contributed by atoms with van der Waals surface area (Å²) in [6.07, 6.45) is 0. The predicted molar refractivity (Wildman–Crippen MR) is 181 cm³/mol. The number of benzene rings is 5. The lowest BCUT2D eigenvalue weighted by Crippen LogP contribution is -2.13. The topological polar surface area (TPSA) is 36.4 Å². The van der Waals surface area contributed by atoms with Crippen molar-refractivity contribution in [2.45, 2.75) is 53.9 Å². The van der Waals surface area contributed by atoms with E-state index in [0.29, 0.717) is 5.71 Å². The van der Waals surface area contributed by atoms with Crippen LogP contribution >= 0.6 is 11.3 Å². The van der Waals surface area contributed by atoms with Crippen LogP contribution in [0.15, 0.2) is 89.6 Å². The van der Waals surface area contributed by atoms with Gasteiger partial charge in [-0.15, -0.1) is 0 Å². The van der Waals surface area contributed by atoms with Crippen molar-refractivity contribution < 1.29 is 4.79 Å². The van der Waals surface area contributed by atoms with E-state index in [1.54, 1.807) is 11.3 Å². The molecule has 0 atom stereocenters. The maximum Gasteiger partial charge on any atom is 0.331 e. The van der Waals surface area contributed by atoms with Crippen LogP contribution in [0.3, 0.4) is 0 Å². The standard InChI is InChI=1S/C39H36N2S/c1-23-18-28(27-16-17-42-22-27)19-24(2)35(23)38(41-40)37-32-14-10-8-12-30(32)36(31-13-9-11-15-33(31)37)34-25(3)20-29(21-26(34)4)39(5,6)7/h8-22H,1-7H3. The Labute approximate surface area is 252 Å². The summed E-state index contributed by atoms with van der Waals surface area (Å²) in [6, 6.07) is 28.4. The fraction of sp³-hybridized carbons (Fsp3) is 0.205. The molecule has 0 bridgehead atoms. The molecule has 0 N–H and O–H groups in total. The molecule has 0 saturated heterocycles. The third-order valence-corrected chi connectivity index (χ3v) is 9.22. The Morgan fingerprint density at radius 3 is 1.60 bits per heavy atom. The molecule has 0 aliphatic rings. The van der Waals surface area contributed by atoms with Crippen LogP contribution in [0.4, 0.5) is 0 Å². The Morgan fingerprint density at radius 1 is 0.619 bits per heavy atom. The fourth-order valence-corrected chi connectivity index (χ4v) is 7.27. The fourth-order valence-electron chi connectivity index (χ4n) is 6.60. The van der Waals surface area contributed by atoms with Gasteiger partial charge in [-0.3, -0.25) is 0 Å². The first-order chi connectivity index (χ1) is 20.1. The van der Waals surface area contributed by atoms with Gasteiger partial charge in [-0.05, 0) is 122 Å². The molecule has 1 aromatic heterocycles. The van der Waals surface area contributed by atoms with Gasteiger partial charge < -0.3 is 5.53 Å². The minimum Gasteiger partial charge on any atom is -0.361 e. The van der Waals surface area contributed by atoms with Crippen molar-refractivity contribution in [2.75, 3.05) is 0 Å². The summed E-state index contributed by atoms with van der Waals surface area (Å²) in [4.78, 5) is 4.04. The van der Waals surface area contributed by atoms with Crippen LogP contribution < -0.4 is 0 Å². The first-order valence-electron chi connectivity index (χ1n) is 14.5. The molecule has 1 heterocycles. The van der Waals surface area contributed by atoms with Crippen molar-refractivity contribution in [1.82, 2.24) is 0 Å². The van der Waals surface area contributed by atoms with Crippen LogP contribution in [-0.2, 0) is 5.41 Å². The van der Waals surface area contributed by atoms with Gasteiger partial charge in [0, 0.05) is 0 Å². The second-order valence-electron chi connectivity index (χ2n) is 12.5. The van der Waals surface area contributed by atoms with Crippen molar-refractivity contribution in [2.24, 2.45) is 0 Å². The molecule has 0 unspecified atom stereocenters. The Bertz CT molecular complexity index is 1950. The SMILES string of the molecule is Cc1cc(-c2ccsc2)cc(C)c1C(=[N+]=[N-])c1c2ccccc2c(-c2c(C)cc(C(C)(C)C)cc2C)c2ccccc12. The van der Waals surface area contributed by atoms with Crippen molar-refractivity contribution in [1.29, 1.82) is 0 Å². The summed E-state index contributed by atoms with van der Waals surface area (Å²) in [5.74, 6) is 0. The van der Waals surface area contributed by atoms with Crippen LogP contribution in [-0.4, -0.2) is 10.5 Å². The molecule has 42 heavy (non-hydrogen) atoms. The van der Waals surface area contributed by atoms with E-state index in [1.165, 1.54) is 38.9 Å². The van der Waals surface area contributed by atoms with Gasteiger partial charge in [-0.2, -0.15) is 16.1 Å². The van der Waals surface area contributed by atoms with Crippen LogP contribution in [0.2, 0.25) is 0 Å². The molecule has 0 fully saturated rings. The highest BCUT2D eigenvalue weighted by Gasteiger charge is 2.28. The maximum absolute atomic E-state index is 10.7. The molecule has 5 aromatic carbocycles. The maximum atomic E-state index is 10.7. The number of nitrogens with zero attached hydrogens (tertiary/aromatic N) is 2. The van der Waals surface area contributed by atoms with Gasteiger partial charge in [-0.25, -0.2) is 0 Å². The average molecular weight is 565 g/mol. The van der Waals surface area contributed by atoms with Gasteiger partial charge >= 0.3 is 5.71 Å². The Kier molecular flexibility index (Phi) is 6.97. The molecule has 0 aliphatic carbocycles. The van der Waals surface area contributed by atoms with Gasteiger partial charge in [0.1, 0.15) is 0 Å².